The summed E-state index contributed by atoms with van der Waals surface area (Å²) in [6.07, 6.45) is 1.95. The molecular weight excluding hydrogens is 259 g/mol. The summed E-state index contributed by atoms with van der Waals surface area (Å²) in [4.78, 5) is 25.1. The maximum Gasteiger partial charge on any atom is 0.254 e. The number of carbonyl (C=O) groups is 2. The van der Waals surface area contributed by atoms with E-state index >= 15 is 0 Å². The molecule has 2 N–H and O–H groups in total. The molecule has 1 fully saturated rings. The molecule has 0 spiro atoms. The molecule has 1 aromatic rings. The lowest BCUT2D eigenvalue weighted by molar-refractivity contribution is -0.121. The lowest BCUT2D eigenvalue weighted by Gasteiger charge is -2.22. The molecule has 1 aliphatic heterocycles. The molecule has 20 heavy (non-hydrogen) atoms. The number of primary amides is 1. The second kappa shape index (κ2) is 4.89. The van der Waals surface area contributed by atoms with Gasteiger partial charge >= 0.3 is 0 Å². The fourth-order valence-corrected chi connectivity index (χ4v) is 3.15. The van der Waals surface area contributed by atoms with E-state index in [0.29, 0.717) is 5.56 Å². The van der Waals surface area contributed by atoms with Crippen LogP contribution in [0.25, 0.3) is 0 Å². The van der Waals surface area contributed by atoms with Crippen molar-refractivity contribution in [3.8, 4) is 0 Å². The number of carbonyl (C=O) groups excluding carboxylic acids is 2. The van der Waals surface area contributed by atoms with Crippen molar-refractivity contribution < 1.29 is 14.0 Å². The molecule has 4 nitrogen and oxygen atoms in total. The Morgan fingerprint density at radius 3 is 2.75 bits per heavy atom. The van der Waals surface area contributed by atoms with Gasteiger partial charge in [-0.25, -0.2) is 4.39 Å². The van der Waals surface area contributed by atoms with Gasteiger partial charge in [-0.2, -0.15) is 0 Å². The zero-order valence-corrected chi connectivity index (χ0v) is 11.1. The molecule has 1 saturated heterocycles. The maximum absolute atomic E-state index is 13.5. The molecule has 3 rings (SSSR count). The number of alkyl halides is 1. The van der Waals surface area contributed by atoms with Crippen LogP contribution in [0.2, 0.25) is 0 Å². The van der Waals surface area contributed by atoms with Gasteiger partial charge < -0.3 is 10.6 Å². The number of hydrogen-bond donors (Lipinski definition) is 1. The summed E-state index contributed by atoms with van der Waals surface area (Å²) in [5, 5.41) is 0. The number of nitrogens with two attached hydrogens (primary N) is 1. The molecule has 2 aliphatic rings. The molecule has 106 valence electrons. The summed E-state index contributed by atoms with van der Waals surface area (Å²) in [7, 11) is 0. The van der Waals surface area contributed by atoms with E-state index in [9.17, 15) is 14.0 Å². The van der Waals surface area contributed by atoms with Crippen molar-refractivity contribution in [3.05, 3.63) is 34.9 Å². The third-order valence-electron chi connectivity index (χ3n) is 4.18. The third kappa shape index (κ3) is 2.17. The summed E-state index contributed by atoms with van der Waals surface area (Å²) in [6, 6.07) is 4.76. The second-order valence-corrected chi connectivity index (χ2v) is 5.55. The fraction of sp³-hybridized carbons (Fsp3) is 0.467. The first-order chi connectivity index (χ1) is 9.56. The van der Waals surface area contributed by atoms with Crippen LogP contribution in [0.1, 0.15) is 34.3 Å². The maximum atomic E-state index is 13.5. The molecule has 0 unspecified atom stereocenters. The number of aryl methyl sites for hydroxylation is 2. The van der Waals surface area contributed by atoms with Gasteiger partial charge in [-0.05, 0) is 42.5 Å². The first-order valence-electron chi connectivity index (χ1n) is 6.92. The van der Waals surface area contributed by atoms with Crippen LogP contribution in [0.4, 0.5) is 4.39 Å². The summed E-state index contributed by atoms with van der Waals surface area (Å²) in [5.41, 5.74) is 8.23. The Kier molecular flexibility index (Phi) is 3.20. The van der Waals surface area contributed by atoms with Crippen molar-refractivity contribution >= 4 is 11.8 Å². The van der Waals surface area contributed by atoms with E-state index < -0.39 is 18.1 Å². The summed E-state index contributed by atoms with van der Waals surface area (Å²) in [5.74, 6) is -0.941. The Labute approximate surface area is 116 Å². The van der Waals surface area contributed by atoms with Crippen molar-refractivity contribution in [2.75, 3.05) is 6.54 Å². The highest BCUT2D eigenvalue weighted by molar-refractivity contribution is 5.98. The predicted octanol–water partition coefficient (Wildman–Crippen LogP) is 1.21. The van der Waals surface area contributed by atoms with Crippen LogP contribution >= 0.6 is 0 Å². The standard InChI is InChI=1S/C15H17FN2O2/c16-12-7-13(14(17)19)18(8-12)15(20)11-5-4-9-2-1-3-10(9)6-11/h4-6,12-13H,1-3,7-8H2,(H2,17,19)/t12-,13+/m1/s1. The van der Waals surface area contributed by atoms with E-state index in [4.69, 9.17) is 5.73 Å². The van der Waals surface area contributed by atoms with Crippen molar-refractivity contribution in [2.24, 2.45) is 5.73 Å². The summed E-state index contributed by atoms with van der Waals surface area (Å²) >= 11 is 0. The Bertz CT molecular complexity index is 573. The fourth-order valence-electron chi connectivity index (χ4n) is 3.15. The Balaban J connectivity index is 1.86. The molecule has 2 amide bonds. The monoisotopic (exact) mass is 276 g/mol. The van der Waals surface area contributed by atoms with Crippen LogP contribution in [0.3, 0.4) is 0 Å². The van der Waals surface area contributed by atoms with Gasteiger partial charge in [-0.15, -0.1) is 0 Å². The van der Waals surface area contributed by atoms with Crippen LogP contribution in [0.5, 0.6) is 0 Å². The highest BCUT2D eigenvalue weighted by Gasteiger charge is 2.39. The number of amides is 2. The molecular formula is C15H17FN2O2. The minimum absolute atomic E-state index is 0.00597. The second-order valence-electron chi connectivity index (χ2n) is 5.55. The topological polar surface area (TPSA) is 63.4 Å². The average molecular weight is 276 g/mol. The summed E-state index contributed by atoms with van der Waals surface area (Å²) < 4.78 is 13.5. The molecule has 0 aromatic heterocycles. The summed E-state index contributed by atoms with van der Waals surface area (Å²) in [6.45, 7) is -0.0521. The van der Waals surface area contributed by atoms with Crippen LogP contribution in [0, 0.1) is 0 Å². The molecule has 1 aliphatic carbocycles. The van der Waals surface area contributed by atoms with E-state index in [1.54, 1.807) is 6.07 Å². The van der Waals surface area contributed by atoms with Gasteiger partial charge in [0.1, 0.15) is 12.2 Å². The van der Waals surface area contributed by atoms with Gasteiger partial charge in [-0.3, -0.25) is 9.59 Å². The SMILES string of the molecule is NC(=O)[C@@H]1C[C@@H](F)CN1C(=O)c1ccc2c(c1)CCC2. The molecule has 1 heterocycles. The van der Waals surface area contributed by atoms with Gasteiger partial charge in [0, 0.05) is 12.0 Å². The van der Waals surface area contributed by atoms with Gasteiger partial charge in [-0.1, -0.05) is 6.07 Å². The first kappa shape index (κ1) is 13.1. The molecule has 2 atom stereocenters. The van der Waals surface area contributed by atoms with Gasteiger partial charge in [0.05, 0.1) is 6.54 Å². The predicted molar refractivity (Wildman–Crippen MR) is 72.0 cm³/mol. The van der Waals surface area contributed by atoms with Crippen LogP contribution in [-0.2, 0) is 17.6 Å². The molecule has 0 radical (unpaired) electrons. The number of likely N-dealkylation sites (tertiary alicyclic amines) is 1. The minimum Gasteiger partial charge on any atom is -0.368 e. The lowest BCUT2D eigenvalue weighted by Crippen LogP contribution is -2.43. The van der Waals surface area contributed by atoms with Gasteiger partial charge in [0.2, 0.25) is 5.91 Å². The number of halogens is 1. The number of hydrogen-bond acceptors (Lipinski definition) is 2. The van der Waals surface area contributed by atoms with Crippen LogP contribution < -0.4 is 5.73 Å². The largest absolute Gasteiger partial charge is 0.368 e. The Morgan fingerprint density at radius 1 is 1.25 bits per heavy atom. The zero-order valence-electron chi connectivity index (χ0n) is 11.1. The first-order valence-corrected chi connectivity index (χ1v) is 6.92. The van der Waals surface area contributed by atoms with Crippen molar-refractivity contribution in [1.29, 1.82) is 0 Å². The van der Waals surface area contributed by atoms with Crippen molar-refractivity contribution in [3.63, 3.8) is 0 Å². The highest BCUT2D eigenvalue weighted by atomic mass is 19.1. The van der Waals surface area contributed by atoms with E-state index in [0.717, 1.165) is 19.3 Å². The number of rotatable bonds is 2. The third-order valence-corrected chi connectivity index (χ3v) is 4.18. The van der Waals surface area contributed by atoms with E-state index in [-0.39, 0.29) is 18.9 Å². The average Bonchev–Trinajstić information content (AvgIpc) is 3.02. The van der Waals surface area contributed by atoms with Crippen molar-refractivity contribution in [2.45, 2.75) is 37.9 Å². The molecule has 1 aromatic carbocycles. The van der Waals surface area contributed by atoms with E-state index in [2.05, 4.69) is 0 Å². The highest BCUT2D eigenvalue weighted by Crippen LogP contribution is 2.26. The lowest BCUT2D eigenvalue weighted by atomic mass is 10.1. The van der Waals surface area contributed by atoms with Crippen LogP contribution in [-0.4, -0.2) is 35.5 Å². The number of benzene rings is 1. The normalized spacial score (nSPS) is 24.8. The molecule has 0 bridgehead atoms. The van der Waals surface area contributed by atoms with Gasteiger partial charge in [0.25, 0.3) is 5.91 Å². The molecule has 5 heteroatoms. The zero-order chi connectivity index (χ0) is 14.3. The smallest absolute Gasteiger partial charge is 0.254 e. The minimum atomic E-state index is -1.18. The van der Waals surface area contributed by atoms with E-state index in [1.165, 1.54) is 16.0 Å². The quantitative estimate of drug-likeness (QED) is 0.882. The van der Waals surface area contributed by atoms with E-state index in [1.807, 2.05) is 12.1 Å². The van der Waals surface area contributed by atoms with Crippen LogP contribution in [0.15, 0.2) is 18.2 Å². The Morgan fingerprint density at radius 2 is 2.00 bits per heavy atom. The molecule has 0 saturated carbocycles. The number of nitrogens with zero attached hydrogens (tertiary/aromatic N) is 1. The van der Waals surface area contributed by atoms with Gasteiger partial charge in [0.15, 0.2) is 0 Å². The van der Waals surface area contributed by atoms with Crippen molar-refractivity contribution in [1.82, 2.24) is 4.90 Å². The Hall–Kier alpha value is -1.91. The number of fused-ring (bicyclic) bond motifs is 1.